The van der Waals surface area contributed by atoms with Crippen LogP contribution < -0.4 is 10.6 Å². The van der Waals surface area contributed by atoms with Crippen molar-refractivity contribution in [3.05, 3.63) is 132 Å². The van der Waals surface area contributed by atoms with Crippen LogP contribution in [0.3, 0.4) is 0 Å². The molecule has 0 spiro atoms. The van der Waals surface area contributed by atoms with E-state index in [1.807, 2.05) is 77.4 Å². The molecule has 38 heavy (non-hydrogen) atoms. The Bertz CT molecular complexity index is 1550. The summed E-state index contributed by atoms with van der Waals surface area (Å²) in [6.07, 6.45) is 2.51. The summed E-state index contributed by atoms with van der Waals surface area (Å²) in [6, 6.07) is 29.0. The smallest absolute Gasteiger partial charge is 0.267 e. The van der Waals surface area contributed by atoms with Gasteiger partial charge in [0.2, 0.25) is 5.91 Å². The number of pyridine rings is 1. The summed E-state index contributed by atoms with van der Waals surface area (Å²) in [5.74, 6) is -0.710. The molecule has 2 amide bonds. The predicted molar refractivity (Wildman–Crippen MR) is 146 cm³/mol. The molecule has 0 bridgehead atoms. The average Bonchev–Trinajstić information content (AvgIpc) is 3.28. The number of hydrogen-bond acceptors (Lipinski definition) is 3. The number of rotatable bonds is 9. The van der Waals surface area contributed by atoms with E-state index in [2.05, 4.69) is 15.6 Å². The number of amides is 2. The van der Waals surface area contributed by atoms with Crippen LogP contribution in [0.4, 0.5) is 10.1 Å². The summed E-state index contributed by atoms with van der Waals surface area (Å²) in [5.41, 5.74) is 4.77. The van der Waals surface area contributed by atoms with E-state index >= 15 is 0 Å². The summed E-state index contributed by atoms with van der Waals surface area (Å²) < 4.78 is 15.2. The molecule has 0 aliphatic rings. The van der Waals surface area contributed by atoms with Gasteiger partial charge in [-0.15, -0.1) is 0 Å². The lowest BCUT2D eigenvalue weighted by Gasteiger charge is -2.12. The van der Waals surface area contributed by atoms with Crippen LogP contribution in [-0.4, -0.2) is 27.9 Å². The molecule has 0 unspecified atom stereocenters. The Morgan fingerprint density at radius 3 is 2.39 bits per heavy atom. The van der Waals surface area contributed by atoms with E-state index in [9.17, 15) is 14.0 Å². The van der Waals surface area contributed by atoms with Crippen LogP contribution in [0.25, 0.3) is 10.9 Å². The van der Waals surface area contributed by atoms with Gasteiger partial charge in [-0.2, -0.15) is 0 Å². The van der Waals surface area contributed by atoms with Gasteiger partial charge in [-0.3, -0.25) is 14.6 Å². The number of fused-ring (bicyclic) bond motifs is 1. The molecule has 0 aliphatic heterocycles. The molecule has 2 N–H and O–H groups in total. The standard InChI is InChI=1S/C31H27FN4O2/c32-25-11-9-22(10-12-25)18-30(37)35-27-13-14-28-24(19-27)20-29(36(28)21-23-6-2-1-3-7-23)31(38)34-17-15-26-8-4-5-16-33-26/h1-14,16,19-20H,15,17-18,21H2,(H,34,38)(H,35,37). The monoisotopic (exact) mass is 506 g/mol. The van der Waals surface area contributed by atoms with E-state index in [0.29, 0.717) is 30.9 Å². The summed E-state index contributed by atoms with van der Waals surface area (Å²) >= 11 is 0. The third kappa shape index (κ3) is 6.13. The van der Waals surface area contributed by atoms with Gasteiger partial charge in [0.15, 0.2) is 0 Å². The first-order valence-electron chi connectivity index (χ1n) is 12.4. The molecular weight excluding hydrogens is 479 g/mol. The number of anilines is 1. The second kappa shape index (κ2) is 11.5. The summed E-state index contributed by atoms with van der Waals surface area (Å²) in [7, 11) is 0. The number of hydrogen-bond donors (Lipinski definition) is 2. The first kappa shape index (κ1) is 24.9. The Morgan fingerprint density at radius 1 is 0.842 bits per heavy atom. The molecule has 5 rings (SSSR count). The highest BCUT2D eigenvalue weighted by Crippen LogP contribution is 2.25. The fourth-order valence-electron chi connectivity index (χ4n) is 4.41. The molecule has 7 heteroatoms. The Labute approximate surface area is 220 Å². The molecule has 5 aromatic rings. The van der Waals surface area contributed by atoms with E-state index in [1.54, 1.807) is 18.3 Å². The molecule has 2 heterocycles. The zero-order chi connectivity index (χ0) is 26.3. The van der Waals surface area contributed by atoms with Gasteiger partial charge in [0.25, 0.3) is 5.91 Å². The van der Waals surface area contributed by atoms with Crippen LogP contribution in [0, 0.1) is 5.82 Å². The van der Waals surface area contributed by atoms with Crippen molar-refractivity contribution in [1.82, 2.24) is 14.9 Å². The van der Waals surface area contributed by atoms with E-state index < -0.39 is 0 Å². The highest BCUT2D eigenvalue weighted by Gasteiger charge is 2.17. The SMILES string of the molecule is O=C(Cc1ccc(F)cc1)Nc1ccc2c(c1)cc(C(=O)NCCc1ccccn1)n2Cc1ccccc1. The third-order valence-electron chi connectivity index (χ3n) is 6.27. The van der Waals surface area contributed by atoms with Crippen LogP contribution >= 0.6 is 0 Å². The number of carbonyl (C=O) groups excluding carboxylic acids is 2. The van der Waals surface area contributed by atoms with Gasteiger partial charge in [-0.25, -0.2) is 4.39 Å². The van der Waals surface area contributed by atoms with Gasteiger partial charge >= 0.3 is 0 Å². The van der Waals surface area contributed by atoms with Gasteiger partial charge in [0, 0.05) is 48.0 Å². The topological polar surface area (TPSA) is 76.0 Å². The summed E-state index contributed by atoms with van der Waals surface area (Å²) in [6.45, 7) is 0.997. The minimum Gasteiger partial charge on any atom is -0.350 e. The van der Waals surface area contributed by atoms with Gasteiger partial charge in [0.1, 0.15) is 11.5 Å². The third-order valence-corrected chi connectivity index (χ3v) is 6.27. The predicted octanol–water partition coefficient (Wildman–Crippen LogP) is 5.38. The first-order valence-corrected chi connectivity index (χ1v) is 12.4. The summed E-state index contributed by atoms with van der Waals surface area (Å²) in [4.78, 5) is 30.1. The van der Waals surface area contributed by atoms with E-state index in [1.165, 1.54) is 12.1 Å². The lowest BCUT2D eigenvalue weighted by molar-refractivity contribution is -0.115. The minimum atomic E-state index is -0.337. The van der Waals surface area contributed by atoms with Crippen LogP contribution in [0.5, 0.6) is 0 Å². The number of aromatic nitrogens is 2. The quantitative estimate of drug-likeness (QED) is 0.282. The maximum Gasteiger partial charge on any atom is 0.267 e. The van der Waals surface area contributed by atoms with Crippen molar-refractivity contribution < 1.29 is 14.0 Å². The fourth-order valence-corrected chi connectivity index (χ4v) is 4.41. The van der Waals surface area contributed by atoms with Crippen molar-refractivity contribution in [1.29, 1.82) is 0 Å². The summed E-state index contributed by atoms with van der Waals surface area (Å²) in [5, 5.41) is 6.77. The van der Waals surface area contributed by atoms with Crippen LogP contribution in [0.1, 0.15) is 27.3 Å². The molecular formula is C31H27FN4O2. The highest BCUT2D eigenvalue weighted by molar-refractivity contribution is 6.01. The Balaban J connectivity index is 1.36. The van der Waals surface area contributed by atoms with Gasteiger partial charge < -0.3 is 15.2 Å². The Kier molecular flexibility index (Phi) is 7.54. The van der Waals surface area contributed by atoms with Crippen molar-refractivity contribution in [3.8, 4) is 0 Å². The Morgan fingerprint density at radius 2 is 1.63 bits per heavy atom. The molecule has 0 atom stereocenters. The molecule has 0 fully saturated rings. The highest BCUT2D eigenvalue weighted by atomic mass is 19.1. The fraction of sp³-hybridized carbons (Fsp3) is 0.129. The largest absolute Gasteiger partial charge is 0.350 e. The van der Waals surface area contributed by atoms with Crippen molar-refractivity contribution in [3.63, 3.8) is 0 Å². The molecule has 0 radical (unpaired) electrons. The maximum absolute atomic E-state index is 13.3. The maximum atomic E-state index is 13.3. The van der Waals surface area contributed by atoms with E-state index in [0.717, 1.165) is 27.7 Å². The molecule has 0 saturated heterocycles. The first-order chi connectivity index (χ1) is 18.5. The van der Waals surface area contributed by atoms with Crippen molar-refractivity contribution >= 4 is 28.4 Å². The minimum absolute atomic E-state index is 0.136. The van der Waals surface area contributed by atoms with Crippen LogP contribution in [0.15, 0.2) is 103 Å². The molecule has 0 saturated carbocycles. The Hall–Kier alpha value is -4.78. The van der Waals surface area contributed by atoms with Crippen LogP contribution in [-0.2, 0) is 24.2 Å². The molecule has 2 aromatic heterocycles. The van der Waals surface area contributed by atoms with Gasteiger partial charge in [-0.05, 0) is 59.7 Å². The lowest BCUT2D eigenvalue weighted by atomic mass is 10.1. The zero-order valence-electron chi connectivity index (χ0n) is 20.7. The zero-order valence-corrected chi connectivity index (χ0v) is 20.7. The van der Waals surface area contributed by atoms with Gasteiger partial charge in [-0.1, -0.05) is 48.5 Å². The number of halogens is 1. The number of benzene rings is 3. The number of nitrogens with zero attached hydrogens (tertiary/aromatic N) is 2. The van der Waals surface area contributed by atoms with Crippen molar-refractivity contribution in [2.75, 3.05) is 11.9 Å². The van der Waals surface area contributed by atoms with E-state index in [-0.39, 0.29) is 24.1 Å². The second-order valence-corrected chi connectivity index (χ2v) is 9.05. The van der Waals surface area contributed by atoms with Crippen LogP contribution in [0.2, 0.25) is 0 Å². The van der Waals surface area contributed by atoms with Crippen molar-refractivity contribution in [2.45, 2.75) is 19.4 Å². The molecule has 6 nitrogen and oxygen atoms in total. The normalized spacial score (nSPS) is 10.9. The van der Waals surface area contributed by atoms with Gasteiger partial charge in [0.05, 0.1) is 6.42 Å². The molecule has 3 aromatic carbocycles. The average molecular weight is 507 g/mol. The van der Waals surface area contributed by atoms with E-state index in [4.69, 9.17) is 0 Å². The van der Waals surface area contributed by atoms with Crippen molar-refractivity contribution in [2.24, 2.45) is 0 Å². The second-order valence-electron chi connectivity index (χ2n) is 9.05. The molecule has 0 aliphatic carbocycles. The molecule has 190 valence electrons. The number of nitrogens with one attached hydrogen (secondary N) is 2. The lowest BCUT2D eigenvalue weighted by Crippen LogP contribution is -2.28. The number of carbonyl (C=O) groups is 2.